The second kappa shape index (κ2) is 6.34. The van der Waals surface area contributed by atoms with E-state index in [0.29, 0.717) is 0 Å². The average Bonchev–Trinajstić information content (AvgIpc) is 2.37. The van der Waals surface area contributed by atoms with E-state index in [1.165, 1.54) is 0 Å². The first-order chi connectivity index (χ1) is 5.34. The van der Waals surface area contributed by atoms with E-state index in [1.54, 1.807) is 11.8 Å². The smallest absolute Gasteiger partial charge is 0.167 e. The predicted molar refractivity (Wildman–Crippen MR) is 55.1 cm³/mol. The molecule has 0 spiro atoms. The number of aromatic nitrogens is 2. The van der Waals surface area contributed by atoms with E-state index in [4.69, 9.17) is 0 Å². The Balaban J connectivity index is 0.00000121. The molecule has 0 saturated heterocycles. The van der Waals surface area contributed by atoms with Gasteiger partial charge in [-0.15, -0.1) is 12.4 Å². The van der Waals surface area contributed by atoms with Crippen LogP contribution >= 0.6 is 24.2 Å². The van der Waals surface area contributed by atoms with Crippen LogP contribution in [-0.2, 0) is 7.05 Å². The summed E-state index contributed by atoms with van der Waals surface area (Å²) in [6, 6.07) is 0. The van der Waals surface area contributed by atoms with Gasteiger partial charge in [0.15, 0.2) is 5.16 Å². The molecule has 0 aromatic carbocycles. The van der Waals surface area contributed by atoms with Crippen molar-refractivity contribution in [1.29, 1.82) is 0 Å². The van der Waals surface area contributed by atoms with E-state index in [9.17, 15) is 0 Å². The lowest BCUT2D eigenvalue weighted by Crippen LogP contribution is -2.10. The van der Waals surface area contributed by atoms with Gasteiger partial charge in [-0.1, -0.05) is 11.8 Å². The van der Waals surface area contributed by atoms with Gasteiger partial charge in [-0.2, -0.15) is 0 Å². The summed E-state index contributed by atoms with van der Waals surface area (Å²) < 4.78 is 2.03. The zero-order valence-corrected chi connectivity index (χ0v) is 8.91. The molecule has 0 fully saturated rings. The van der Waals surface area contributed by atoms with Crippen LogP contribution in [0.2, 0.25) is 0 Å². The van der Waals surface area contributed by atoms with Crippen molar-refractivity contribution in [2.24, 2.45) is 7.05 Å². The molecule has 12 heavy (non-hydrogen) atoms. The van der Waals surface area contributed by atoms with Gasteiger partial charge in [-0.05, 0) is 7.05 Å². The summed E-state index contributed by atoms with van der Waals surface area (Å²) in [4.78, 5) is 4.19. The molecule has 0 aliphatic rings. The fourth-order valence-corrected chi connectivity index (χ4v) is 1.62. The van der Waals surface area contributed by atoms with Crippen LogP contribution in [0, 0.1) is 0 Å². The van der Waals surface area contributed by atoms with Crippen LogP contribution in [0.5, 0.6) is 0 Å². The summed E-state index contributed by atoms with van der Waals surface area (Å²) in [5.41, 5.74) is 0. The van der Waals surface area contributed by atoms with E-state index in [1.807, 2.05) is 31.1 Å². The summed E-state index contributed by atoms with van der Waals surface area (Å²) in [5, 5.41) is 4.18. The minimum atomic E-state index is 0. The van der Waals surface area contributed by atoms with Crippen LogP contribution in [0.1, 0.15) is 0 Å². The van der Waals surface area contributed by atoms with Gasteiger partial charge in [0, 0.05) is 31.7 Å². The molecule has 0 aliphatic carbocycles. The Labute approximate surface area is 83.4 Å². The predicted octanol–water partition coefficient (Wildman–Crippen LogP) is 1.15. The lowest BCUT2D eigenvalue weighted by molar-refractivity contribution is 0.786. The standard InChI is InChI=1S/C7H13N3S.ClH/c1-8-4-6-11-7-9-3-5-10(7)2;/h3,5,8H,4,6H2,1-2H3;1H. The van der Waals surface area contributed by atoms with Crippen LogP contribution in [0.3, 0.4) is 0 Å². The molecular weight excluding hydrogens is 194 g/mol. The van der Waals surface area contributed by atoms with Gasteiger partial charge in [-0.25, -0.2) is 4.98 Å². The molecule has 3 nitrogen and oxygen atoms in total. The van der Waals surface area contributed by atoms with Crippen LogP contribution < -0.4 is 5.32 Å². The first kappa shape index (κ1) is 11.8. The van der Waals surface area contributed by atoms with Crippen molar-refractivity contribution in [3.63, 3.8) is 0 Å². The Morgan fingerprint density at radius 2 is 2.42 bits per heavy atom. The van der Waals surface area contributed by atoms with Crippen molar-refractivity contribution >= 4 is 24.2 Å². The van der Waals surface area contributed by atoms with Crippen LogP contribution in [-0.4, -0.2) is 28.9 Å². The number of hydrogen-bond acceptors (Lipinski definition) is 3. The van der Waals surface area contributed by atoms with Crippen molar-refractivity contribution in [2.75, 3.05) is 19.3 Å². The maximum atomic E-state index is 4.19. The number of hydrogen-bond donors (Lipinski definition) is 1. The molecule has 0 aliphatic heterocycles. The SMILES string of the molecule is CNCCSc1nccn1C.Cl. The average molecular weight is 208 g/mol. The number of thioether (sulfide) groups is 1. The molecule has 1 aromatic rings. The Morgan fingerprint density at radius 1 is 1.67 bits per heavy atom. The number of rotatable bonds is 4. The van der Waals surface area contributed by atoms with Crippen molar-refractivity contribution in [1.82, 2.24) is 14.9 Å². The highest BCUT2D eigenvalue weighted by atomic mass is 35.5. The Morgan fingerprint density at radius 3 is 2.92 bits per heavy atom. The number of nitrogens with zero attached hydrogens (tertiary/aromatic N) is 2. The molecule has 1 aromatic heterocycles. The van der Waals surface area contributed by atoms with E-state index >= 15 is 0 Å². The zero-order chi connectivity index (χ0) is 8.10. The van der Waals surface area contributed by atoms with Gasteiger partial charge in [0.05, 0.1) is 0 Å². The highest BCUT2D eigenvalue weighted by molar-refractivity contribution is 7.99. The summed E-state index contributed by atoms with van der Waals surface area (Å²) in [7, 11) is 3.97. The number of halogens is 1. The molecule has 5 heteroatoms. The third-order valence-corrected chi connectivity index (χ3v) is 2.42. The number of aryl methyl sites for hydroxylation is 1. The second-order valence-corrected chi connectivity index (χ2v) is 3.33. The highest BCUT2D eigenvalue weighted by Crippen LogP contribution is 2.12. The van der Waals surface area contributed by atoms with Crippen molar-refractivity contribution in [2.45, 2.75) is 5.16 Å². The number of nitrogens with one attached hydrogen (secondary N) is 1. The first-order valence-corrected chi connectivity index (χ1v) is 4.58. The first-order valence-electron chi connectivity index (χ1n) is 3.59. The van der Waals surface area contributed by atoms with E-state index in [0.717, 1.165) is 17.5 Å². The molecule has 0 bridgehead atoms. The van der Waals surface area contributed by atoms with E-state index < -0.39 is 0 Å². The van der Waals surface area contributed by atoms with E-state index in [-0.39, 0.29) is 12.4 Å². The zero-order valence-electron chi connectivity index (χ0n) is 7.28. The third kappa shape index (κ3) is 3.47. The molecule has 0 radical (unpaired) electrons. The molecule has 0 amide bonds. The van der Waals surface area contributed by atoms with Crippen molar-refractivity contribution in [3.8, 4) is 0 Å². The summed E-state index contributed by atoms with van der Waals surface area (Å²) in [6.07, 6.45) is 3.78. The molecule has 1 rings (SSSR count). The Hall–Kier alpha value is -0.190. The Kier molecular flexibility index (Phi) is 6.24. The van der Waals surface area contributed by atoms with Gasteiger partial charge >= 0.3 is 0 Å². The number of imidazole rings is 1. The maximum absolute atomic E-state index is 4.19. The fourth-order valence-electron chi connectivity index (χ4n) is 0.735. The Bertz CT molecular complexity index is 214. The summed E-state index contributed by atoms with van der Waals surface area (Å²) in [6.45, 7) is 1.03. The summed E-state index contributed by atoms with van der Waals surface area (Å²) >= 11 is 1.77. The third-order valence-electron chi connectivity index (χ3n) is 1.36. The van der Waals surface area contributed by atoms with Gasteiger partial charge in [-0.3, -0.25) is 0 Å². The molecule has 0 unspecified atom stereocenters. The van der Waals surface area contributed by atoms with Crippen LogP contribution in [0.15, 0.2) is 17.6 Å². The topological polar surface area (TPSA) is 29.9 Å². The van der Waals surface area contributed by atoms with Gasteiger partial charge in [0.2, 0.25) is 0 Å². The lowest BCUT2D eigenvalue weighted by Gasteiger charge is -1.99. The monoisotopic (exact) mass is 207 g/mol. The normalized spacial score (nSPS) is 9.50. The van der Waals surface area contributed by atoms with Gasteiger partial charge in [0.1, 0.15) is 0 Å². The van der Waals surface area contributed by atoms with Crippen molar-refractivity contribution < 1.29 is 0 Å². The quantitative estimate of drug-likeness (QED) is 0.594. The van der Waals surface area contributed by atoms with E-state index in [2.05, 4.69) is 10.3 Å². The lowest BCUT2D eigenvalue weighted by atomic mass is 10.8. The van der Waals surface area contributed by atoms with Gasteiger partial charge in [0.25, 0.3) is 0 Å². The molecule has 0 atom stereocenters. The maximum Gasteiger partial charge on any atom is 0.167 e. The highest BCUT2D eigenvalue weighted by Gasteiger charge is 1.97. The molecule has 0 saturated carbocycles. The molecular formula is C7H14ClN3S. The minimum absolute atomic E-state index is 0. The second-order valence-electron chi connectivity index (χ2n) is 2.27. The minimum Gasteiger partial charge on any atom is -0.329 e. The molecule has 1 N–H and O–H groups in total. The fraction of sp³-hybridized carbons (Fsp3) is 0.571. The molecule has 1 heterocycles. The van der Waals surface area contributed by atoms with Gasteiger partial charge < -0.3 is 9.88 Å². The van der Waals surface area contributed by atoms with Crippen LogP contribution in [0.25, 0.3) is 0 Å². The van der Waals surface area contributed by atoms with Crippen molar-refractivity contribution in [3.05, 3.63) is 12.4 Å². The largest absolute Gasteiger partial charge is 0.329 e. The summed E-state index contributed by atoms with van der Waals surface area (Å²) in [5.74, 6) is 1.07. The van der Waals surface area contributed by atoms with Crippen LogP contribution in [0.4, 0.5) is 0 Å². The molecule has 70 valence electrons.